The van der Waals surface area contributed by atoms with Crippen LogP contribution in [0.2, 0.25) is 0 Å². The lowest BCUT2D eigenvalue weighted by molar-refractivity contribution is -0.157. The van der Waals surface area contributed by atoms with Crippen molar-refractivity contribution in [3.8, 4) is 0 Å². The van der Waals surface area contributed by atoms with E-state index in [2.05, 4.69) is 0 Å². The van der Waals surface area contributed by atoms with Crippen LogP contribution in [-0.4, -0.2) is 37.2 Å². The standard InChI is InChI=1S/C15H26O6/c1-7-15(4,13(19)21-6)9-10(11(16)20-5)8-14(2,3)12(17)18/h10H,7-9H2,1-6H3,(H,17,18). The Kier molecular flexibility index (Phi) is 6.86. The Morgan fingerprint density at radius 2 is 1.57 bits per heavy atom. The third-order valence-corrected chi connectivity index (χ3v) is 4.03. The van der Waals surface area contributed by atoms with Gasteiger partial charge in [-0.25, -0.2) is 0 Å². The molecule has 2 atom stereocenters. The molecule has 2 unspecified atom stereocenters. The highest BCUT2D eigenvalue weighted by Gasteiger charge is 2.41. The number of esters is 2. The van der Waals surface area contributed by atoms with Crippen LogP contribution in [0.15, 0.2) is 0 Å². The topological polar surface area (TPSA) is 89.9 Å². The van der Waals surface area contributed by atoms with Crippen molar-refractivity contribution in [3.63, 3.8) is 0 Å². The molecule has 1 N–H and O–H groups in total. The van der Waals surface area contributed by atoms with Gasteiger partial charge in [0, 0.05) is 0 Å². The summed E-state index contributed by atoms with van der Waals surface area (Å²) in [7, 11) is 2.55. The maximum atomic E-state index is 11.9. The Morgan fingerprint density at radius 1 is 1.05 bits per heavy atom. The largest absolute Gasteiger partial charge is 0.481 e. The van der Waals surface area contributed by atoms with Gasteiger partial charge in [0.05, 0.1) is 31.0 Å². The van der Waals surface area contributed by atoms with Crippen molar-refractivity contribution in [2.45, 2.75) is 47.0 Å². The molecule has 0 amide bonds. The molecule has 0 aromatic heterocycles. The molecule has 0 heterocycles. The van der Waals surface area contributed by atoms with Gasteiger partial charge in [-0.2, -0.15) is 0 Å². The number of hydrogen-bond donors (Lipinski definition) is 1. The minimum absolute atomic E-state index is 0.0988. The van der Waals surface area contributed by atoms with Crippen molar-refractivity contribution in [2.24, 2.45) is 16.7 Å². The van der Waals surface area contributed by atoms with Crippen molar-refractivity contribution in [1.82, 2.24) is 0 Å². The lowest BCUT2D eigenvalue weighted by Crippen LogP contribution is -2.37. The summed E-state index contributed by atoms with van der Waals surface area (Å²) >= 11 is 0. The molecule has 0 bridgehead atoms. The normalized spacial score (nSPS) is 15.7. The molecule has 122 valence electrons. The predicted molar refractivity (Wildman–Crippen MR) is 76.6 cm³/mol. The number of hydrogen-bond acceptors (Lipinski definition) is 5. The zero-order valence-electron chi connectivity index (χ0n) is 13.7. The molecule has 0 rings (SSSR count). The van der Waals surface area contributed by atoms with E-state index in [-0.39, 0.29) is 12.8 Å². The van der Waals surface area contributed by atoms with Crippen LogP contribution in [0, 0.1) is 16.7 Å². The van der Waals surface area contributed by atoms with Crippen LogP contribution in [0.5, 0.6) is 0 Å². The number of carboxylic acids is 1. The maximum Gasteiger partial charge on any atom is 0.311 e. The maximum absolute atomic E-state index is 11.9. The zero-order chi connectivity index (χ0) is 16.8. The van der Waals surface area contributed by atoms with Gasteiger partial charge in [0.1, 0.15) is 0 Å². The first-order valence-electron chi connectivity index (χ1n) is 6.93. The minimum Gasteiger partial charge on any atom is -0.481 e. The number of carbonyl (C=O) groups excluding carboxylic acids is 2. The van der Waals surface area contributed by atoms with E-state index in [1.165, 1.54) is 14.2 Å². The van der Waals surface area contributed by atoms with Gasteiger partial charge in [0.25, 0.3) is 0 Å². The lowest BCUT2D eigenvalue weighted by Gasteiger charge is -2.31. The molecule has 0 spiro atoms. The third kappa shape index (κ3) is 5.02. The second-order valence-electron chi connectivity index (χ2n) is 6.22. The molecule has 0 aromatic carbocycles. The summed E-state index contributed by atoms with van der Waals surface area (Å²) < 4.78 is 9.55. The van der Waals surface area contributed by atoms with Crippen molar-refractivity contribution >= 4 is 17.9 Å². The van der Waals surface area contributed by atoms with Crippen LogP contribution in [0.4, 0.5) is 0 Å². The first kappa shape index (κ1) is 19.4. The van der Waals surface area contributed by atoms with Gasteiger partial charge in [0.15, 0.2) is 0 Å². The van der Waals surface area contributed by atoms with Gasteiger partial charge in [-0.05, 0) is 40.0 Å². The van der Waals surface area contributed by atoms with Crippen molar-refractivity contribution in [2.75, 3.05) is 14.2 Å². The molecule has 0 radical (unpaired) electrons. The summed E-state index contributed by atoms with van der Waals surface area (Å²) in [5, 5.41) is 9.21. The first-order valence-corrected chi connectivity index (χ1v) is 6.93. The summed E-state index contributed by atoms with van der Waals surface area (Å²) in [6.45, 7) is 6.63. The van der Waals surface area contributed by atoms with E-state index in [0.717, 1.165) is 0 Å². The Morgan fingerprint density at radius 3 is 1.90 bits per heavy atom. The molecule has 0 aliphatic heterocycles. The molecule has 0 aliphatic carbocycles. The second-order valence-corrected chi connectivity index (χ2v) is 6.22. The smallest absolute Gasteiger partial charge is 0.311 e. The third-order valence-electron chi connectivity index (χ3n) is 4.03. The predicted octanol–water partition coefficient (Wildman–Crippen LogP) is 2.26. The molecular weight excluding hydrogens is 276 g/mol. The number of carbonyl (C=O) groups is 3. The number of rotatable bonds is 8. The van der Waals surface area contributed by atoms with Crippen LogP contribution in [0.25, 0.3) is 0 Å². The summed E-state index contributed by atoms with van der Waals surface area (Å²) in [5.41, 5.74) is -1.92. The molecule has 6 nitrogen and oxygen atoms in total. The molecule has 0 fully saturated rings. The summed E-state index contributed by atoms with van der Waals surface area (Å²) in [6, 6.07) is 0. The highest BCUT2D eigenvalue weighted by atomic mass is 16.5. The Labute approximate surface area is 125 Å². The van der Waals surface area contributed by atoms with E-state index < -0.39 is 34.7 Å². The van der Waals surface area contributed by atoms with Gasteiger partial charge in [0.2, 0.25) is 0 Å². The molecular formula is C15H26O6. The fourth-order valence-electron chi connectivity index (χ4n) is 2.27. The van der Waals surface area contributed by atoms with E-state index >= 15 is 0 Å². The Balaban J connectivity index is 5.31. The van der Waals surface area contributed by atoms with Gasteiger partial charge >= 0.3 is 17.9 Å². The molecule has 0 aromatic rings. The fourth-order valence-corrected chi connectivity index (χ4v) is 2.27. The van der Waals surface area contributed by atoms with E-state index in [4.69, 9.17) is 9.47 Å². The minimum atomic E-state index is -1.08. The Bertz CT molecular complexity index is 401. The number of aliphatic carboxylic acids is 1. The van der Waals surface area contributed by atoms with Crippen LogP contribution in [0.3, 0.4) is 0 Å². The van der Waals surface area contributed by atoms with Crippen molar-refractivity contribution < 1.29 is 29.0 Å². The van der Waals surface area contributed by atoms with Crippen molar-refractivity contribution in [1.29, 1.82) is 0 Å². The molecule has 6 heteroatoms. The zero-order valence-corrected chi connectivity index (χ0v) is 13.7. The SMILES string of the molecule is CCC(C)(CC(CC(C)(C)C(=O)O)C(=O)OC)C(=O)OC. The van der Waals surface area contributed by atoms with E-state index in [9.17, 15) is 19.5 Å². The van der Waals surface area contributed by atoms with Crippen molar-refractivity contribution in [3.05, 3.63) is 0 Å². The fraction of sp³-hybridized carbons (Fsp3) is 0.800. The molecule has 21 heavy (non-hydrogen) atoms. The van der Waals surface area contributed by atoms with Crippen LogP contribution in [0.1, 0.15) is 47.0 Å². The molecule has 0 aliphatic rings. The van der Waals surface area contributed by atoms with Gasteiger partial charge in [-0.15, -0.1) is 0 Å². The Hall–Kier alpha value is -1.59. The lowest BCUT2D eigenvalue weighted by atomic mass is 9.73. The van der Waals surface area contributed by atoms with Gasteiger partial charge in [-0.1, -0.05) is 6.92 Å². The average Bonchev–Trinajstić information content (AvgIpc) is 2.43. The monoisotopic (exact) mass is 302 g/mol. The number of methoxy groups -OCH3 is 2. The average molecular weight is 302 g/mol. The summed E-state index contributed by atoms with van der Waals surface area (Å²) in [4.78, 5) is 35.1. The van der Waals surface area contributed by atoms with Gasteiger partial charge < -0.3 is 14.6 Å². The second kappa shape index (κ2) is 7.43. The molecule has 0 saturated heterocycles. The van der Waals surface area contributed by atoms with E-state index in [0.29, 0.717) is 6.42 Å². The number of ether oxygens (including phenoxy) is 2. The van der Waals surface area contributed by atoms with E-state index in [1.807, 2.05) is 6.92 Å². The highest BCUT2D eigenvalue weighted by Crippen LogP contribution is 2.37. The van der Waals surface area contributed by atoms with Gasteiger partial charge in [-0.3, -0.25) is 14.4 Å². The van der Waals surface area contributed by atoms with Crippen LogP contribution < -0.4 is 0 Å². The highest BCUT2D eigenvalue weighted by molar-refractivity contribution is 5.79. The summed E-state index contributed by atoms with van der Waals surface area (Å²) in [5.74, 6) is -2.59. The molecule has 0 saturated carbocycles. The van der Waals surface area contributed by atoms with E-state index in [1.54, 1.807) is 20.8 Å². The number of carboxylic acid groups (broad SMARTS) is 1. The quantitative estimate of drug-likeness (QED) is 0.692. The first-order chi connectivity index (χ1) is 9.54. The summed E-state index contributed by atoms with van der Waals surface area (Å²) in [6.07, 6.45) is 0.780. The van der Waals surface area contributed by atoms with Crippen LogP contribution in [-0.2, 0) is 23.9 Å². The van der Waals surface area contributed by atoms with Crippen LogP contribution >= 0.6 is 0 Å².